The van der Waals surface area contributed by atoms with Crippen LogP contribution >= 0.6 is 0 Å². The van der Waals surface area contributed by atoms with Crippen molar-refractivity contribution in [3.8, 4) is 0 Å². The van der Waals surface area contributed by atoms with Gasteiger partial charge in [0.05, 0.1) is 32.8 Å². The molecule has 0 heterocycles. The second kappa shape index (κ2) is 9.44. The second-order valence-electron chi connectivity index (χ2n) is 3.56. The highest BCUT2D eigenvalue weighted by molar-refractivity contribution is 4.40. The maximum absolute atomic E-state index is 5.35. The molecular weight excluding hydrogens is 178 g/mol. The van der Waals surface area contributed by atoms with E-state index in [9.17, 15) is 0 Å². The zero-order valence-corrected chi connectivity index (χ0v) is 10.3. The van der Waals surface area contributed by atoms with Crippen molar-refractivity contribution in [2.75, 3.05) is 39.4 Å². The summed E-state index contributed by atoms with van der Waals surface area (Å²) in [7, 11) is 0. The molecule has 14 heavy (non-hydrogen) atoms. The molecule has 0 aromatic carbocycles. The molecule has 0 bridgehead atoms. The lowest BCUT2D eigenvalue weighted by molar-refractivity contribution is -0.923. The Labute approximate surface area is 89.0 Å². The Morgan fingerprint density at radius 1 is 0.929 bits per heavy atom. The molecular formula is C11H27NO2. The van der Waals surface area contributed by atoms with E-state index >= 15 is 0 Å². The minimum atomic E-state index is 0. The molecule has 0 saturated heterocycles. The summed E-state index contributed by atoms with van der Waals surface area (Å²) in [5, 5.41) is 0. The van der Waals surface area contributed by atoms with Crippen LogP contribution in [0, 0.1) is 0 Å². The highest BCUT2D eigenvalue weighted by Crippen LogP contribution is 2.06. The summed E-state index contributed by atoms with van der Waals surface area (Å²) in [5.74, 6) is 0. The highest BCUT2D eigenvalue weighted by atomic mass is 16.5. The smallest absolute Gasteiger partial charge is 0.0808 e. The van der Waals surface area contributed by atoms with Gasteiger partial charge in [0.25, 0.3) is 0 Å². The van der Waals surface area contributed by atoms with Gasteiger partial charge in [-0.25, -0.2) is 0 Å². The molecule has 0 amide bonds. The number of ether oxygens (including phenoxy) is 1. The van der Waals surface area contributed by atoms with Crippen LogP contribution in [0.2, 0.25) is 0 Å². The Balaban J connectivity index is 0. The van der Waals surface area contributed by atoms with Gasteiger partial charge >= 0.3 is 0 Å². The van der Waals surface area contributed by atoms with Gasteiger partial charge < -0.3 is 14.7 Å². The van der Waals surface area contributed by atoms with Gasteiger partial charge in [-0.15, -0.1) is 0 Å². The summed E-state index contributed by atoms with van der Waals surface area (Å²) in [4.78, 5) is 0. The Kier molecular flexibility index (Phi) is 11.0. The first kappa shape index (κ1) is 16.3. The summed E-state index contributed by atoms with van der Waals surface area (Å²) in [5.41, 5.74) is 0. The van der Waals surface area contributed by atoms with Crippen LogP contribution in [-0.2, 0) is 4.74 Å². The third kappa shape index (κ3) is 5.58. The second-order valence-corrected chi connectivity index (χ2v) is 3.56. The first-order chi connectivity index (χ1) is 6.24. The lowest BCUT2D eigenvalue weighted by Gasteiger charge is -2.35. The van der Waals surface area contributed by atoms with Crippen molar-refractivity contribution in [1.29, 1.82) is 0 Å². The van der Waals surface area contributed by atoms with E-state index in [0.717, 1.165) is 13.2 Å². The van der Waals surface area contributed by atoms with E-state index in [-0.39, 0.29) is 5.48 Å². The Bertz CT molecular complexity index is 106. The van der Waals surface area contributed by atoms with Crippen LogP contribution in [0.5, 0.6) is 0 Å². The average molecular weight is 205 g/mol. The van der Waals surface area contributed by atoms with Gasteiger partial charge in [-0.2, -0.15) is 0 Å². The standard InChI is InChI=1S/C11H26NO.H2O/c1-5-12(6-2,7-3)10-9-11-13-8-4;/h5-11H2,1-4H3;1H2/q+1;/p-1. The normalized spacial score (nSPS) is 11.1. The van der Waals surface area contributed by atoms with Gasteiger partial charge in [0.15, 0.2) is 0 Å². The first-order valence-electron chi connectivity index (χ1n) is 5.67. The van der Waals surface area contributed by atoms with Crippen LogP contribution in [0.4, 0.5) is 0 Å². The summed E-state index contributed by atoms with van der Waals surface area (Å²) >= 11 is 0. The molecule has 3 nitrogen and oxygen atoms in total. The van der Waals surface area contributed by atoms with Crippen LogP contribution in [0.15, 0.2) is 0 Å². The quantitative estimate of drug-likeness (QED) is 0.450. The molecule has 88 valence electrons. The van der Waals surface area contributed by atoms with Crippen molar-refractivity contribution in [3.05, 3.63) is 0 Å². The largest absolute Gasteiger partial charge is 0.870 e. The third-order valence-corrected chi connectivity index (χ3v) is 3.14. The Hall–Kier alpha value is -0.120. The van der Waals surface area contributed by atoms with Crippen LogP contribution < -0.4 is 0 Å². The monoisotopic (exact) mass is 205 g/mol. The van der Waals surface area contributed by atoms with Crippen LogP contribution in [0.3, 0.4) is 0 Å². The summed E-state index contributed by atoms with van der Waals surface area (Å²) < 4.78 is 6.60. The topological polar surface area (TPSA) is 39.2 Å². The van der Waals surface area contributed by atoms with Crippen molar-refractivity contribution < 1.29 is 14.7 Å². The van der Waals surface area contributed by atoms with E-state index in [1.54, 1.807) is 0 Å². The predicted octanol–water partition coefficient (Wildman–Crippen LogP) is 2.11. The van der Waals surface area contributed by atoms with Crippen molar-refractivity contribution in [3.63, 3.8) is 0 Å². The fourth-order valence-corrected chi connectivity index (χ4v) is 1.79. The molecule has 0 spiro atoms. The van der Waals surface area contributed by atoms with Crippen molar-refractivity contribution >= 4 is 0 Å². The number of nitrogens with zero attached hydrogens (tertiary/aromatic N) is 1. The molecule has 0 rings (SSSR count). The van der Waals surface area contributed by atoms with E-state index in [0.29, 0.717) is 0 Å². The highest BCUT2D eigenvalue weighted by Gasteiger charge is 2.19. The Morgan fingerprint density at radius 2 is 1.43 bits per heavy atom. The van der Waals surface area contributed by atoms with Crippen molar-refractivity contribution in [2.24, 2.45) is 0 Å². The van der Waals surface area contributed by atoms with Gasteiger partial charge in [0.1, 0.15) is 0 Å². The van der Waals surface area contributed by atoms with E-state index in [4.69, 9.17) is 4.74 Å². The third-order valence-electron chi connectivity index (χ3n) is 3.14. The minimum absolute atomic E-state index is 0. The van der Waals surface area contributed by atoms with Crippen LogP contribution in [0.25, 0.3) is 0 Å². The Morgan fingerprint density at radius 3 is 1.79 bits per heavy atom. The van der Waals surface area contributed by atoms with E-state index in [1.165, 1.54) is 37.1 Å². The number of hydrogen-bond acceptors (Lipinski definition) is 2. The minimum Gasteiger partial charge on any atom is -0.870 e. The molecule has 0 saturated carbocycles. The fourth-order valence-electron chi connectivity index (χ4n) is 1.79. The molecule has 0 fully saturated rings. The van der Waals surface area contributed by atoms with Gasteiger partial charge in [-0.1, -0.05) is 0 Å². The van der Waals surface area contributed by atoms with Gasteiger partial charge in [-0.05, 0) is 27.7 Å². The molecule has 3 heteroatoms. The molecule has 0 aliphatic heterocycles. The van der Waals surface area contributed by atoms with Gasteiger partial charge in [0, 0.05) is 13.0 Å². The van der Waals surface area contributed by atoms with Gasteiger partial charge in [0.2, 0.25) is 0 Å². The number of quaternary nitrogens is 1. The maximum atomic E-state index is 5.35. The van der Waals surface area contributed by atoms with Crippen molar-refractivity contribution in [1.82, 2.24) is 0 Å². The average Bonchev–Trinajstić information content (AvgIpc) is 2.20. The molecule has 1 N–H and O–H groups in total. The zero-order chi connectivity index (χ0) is 10.2. The fraction of sp³-hybridized carbons (Fsp3) is 1.00. The maximum Gasteiger partial charge on any atom is 0.0808 e. The SMILES string of the molecule is CCOCCC[N+](CC)(CC)CC.[OH-]. The lowest BCUT2D eigenvalue weighted by atomic mass is 10.3. The van der Waals surface area contributed by atoms with Crippen LogP contribution in [-0.4, -0.2) is 49.4 Å². The molecule has 0 aliphatic carbocycles. The summed E-state index contributed by atoms with van der Waals surface area (Å²) in [6.45, 7) is 15.7. The van der Waals surface area contributed by atoms with Gasteiger partial charge in [-0.3, -0.25) is 0 Å². The summed E-state index contributed by atoms with van der Waals surface area (Å²) in [6, 6.07) is 0. The molecule has 0 aromatic heterocycles. The van der Waals surface area contributed by atoms with E-state index < -0.39 is 0 Å². The first-order valence-corrected chi connectivity index (χ1v) is 5.67. The number of rotatable bonds is 8. The van der Waals surface area contributed by atoms with E-state index in [1.807, 2.05) is 0 Å². The molecule has 0 aliphatic rings. The summed E-state index contributed by atoms with van der Waals surface area (Å²) in [6.07, 6.45) is 1.20. The van der Waals surface area contributed by atoms with Crippen LogP contribution in [0.1, 0.15) is 34.1 Å². The lowest BCUT2D eigenvalue weighted by Crippen LogP contribution is -2.48. The molecule has 0 atom stereocenters. The predicted molar refractivity (Wildman–Crippen MR) is 59.8 cm³/mol. The molecule has 0 radical (unpaired) electrons. The van der Waals surface area contributed by atoms with Crippen molar-refractivity contribution in [2.45, 2.75) is 34.1 Å². The molecule has 0 aromatic rings. The number of hydrogen-bond donors (Lipinski definition) is 0. The zero-order valence-electron chi connectivity index (χ0n) is 10.3. The molecule has 0 unspecified atom stereocenters. The van der Waals surface area contributed by atoms with E-state index in [2.05, 4.69) is 27.7 Å².